The zero-order valence-electron chi connectivity index (χ0n) is 20.5. The van der Waals surface area contributed by atoms with Crippen LogP contribution in [0, 0.1) is 0 Å². The summed E-state index contributed by atoms with van der Waals surface area (Å²) in [5.41, 5.74) is 0.984. The molecule has 4 rings (SSSR count). The second-order valence-electron chi connectivity index (χ2n) is 8.04. The van der Waals surface area contributed by atoms with Gasteiger partial charge in [-0.1, -0.05) is 6.07 Å². The Balaban J connectivity index is 1.84. The average Bonchev–Trinajstić information content (AvgIpc) is 3.48. The number of rotatable bonds is 10. The van der Waals surface area contributed by atoms with E-state index in [9.17, 15) is 14.7 Å². The molecule has 0 spiro atoms. The van der Waals surface area contributed by atoms with Gasteiger partial charge >= 0.3 is 0 Å². The van der Waals surface area contributed by atoms with Gasteiger partial charge in [-0.05, 0) is 74.9 Å². The zero-order chi connectivity index (χ0) is 25.7. The van der Waals surface area contributed by atoms with E-state index < -0.39 is 17.7 Å². The molecule has 1 unspecified atom stereocenters. The average molecular weight is 492 g/mol. The molecule has 188 valence electrons. The topological polar surface area (TPSA) is 98.4 Å². The van der Waals surface area contributed by atoms with Crippen molar-refractivity contribution in [2.24, 2.45) is 0 Å². The molecule has 0 aliphatic carbocycles. The molecule has 1 atom stereocenters. The van der Waals surface area contributed by atoms with Crippen LogP contribution in [0.3, 0.4) is 0 Å². The van der Waals surface area contributed by atoms with Crippen LogP contribution in [0.15, 0.2) is 70.9 Å². The summed E-state index contributed by atoms with van der Waals surface area (Å²) >= 11 is 0. The Hall–Kier alpha value is -4.20. The maximum absolute atomic E-state index is 13.3. The first-order chi connectivity index (χ1) is 17.5. The van der Waals surface area contributed by atoms with Crippen molar-refractivity contribution in [3.63, 3.8) is 0 Å². The van der Waals surface area contributed by atoms with Gasteiger partial charge in [-0.15, -0.1) is 0 Å². The van der Waals surface area contributed by atoms with Crippen LogP contribution < -0.4 is 14.2 Å². The molecule has 1 aliphatic rings. The third-order valence-corrected chi connectivity index (χ3v) is 5.77. The molecule has 1 aromatic heterocycles. The lowest BCUT2D eigenvalue weighted by Crippen LogP contribution is -2.29. The number of nitrogens with zero attached hydrogens (tertiary/aromatic N) is 1. The highest BCUT2D eigenvalue weighted by Crippen LogP contribution is 2.43. The smallest absolute Gasteiger partial charge is 0.296 e. The van der Waals surface area contributed by atoms with Crippen LogP contribution in [0.1, 0.15) is 43.7 Å². The highest BCUT2D eigenvalue weighted by atomic mass is 16.5. The van der Waals surface area contributed by atoms with Crippen LogP contribution in [0.25, 0.3) is 5.76 Å². The molecular formula is C28H29NO7. The zero-order valence-corrected chi connectivity index (χ0v) is 20.5. The Morgan fingerprint density at radius 1 is 0.917 bits per heavy atom. The Kier molecular flexibility index (Phi) is 7.63. The number of benzene rings is 2. The fraction of sp³-hybridized carbons (Fsp3) is 0.286. The lowest BCUT2D eigenvalue weighted by Gasteiger charge is -2.25. The van der Waals surface area contributed by atoms with Crippen molar-refractivity contribution in [3.05, 3.63) is 83.3 Å². The highest BCUT2D eigenvalue weighted by Gasteiger charge is 2.46. The molecule has 0 radical (unpaired) electrons. The Morgan fingerprint density at radius 2 is 1.61 bits per heavy atom. The predicted molar refractivity (Wildman–Crippen MR) is 133 cm³/mol. The summed E-state index contributed by atoms with van der Waals surface area (Å²) in [6, 6.07) is 14.5. The number of hydrogen-bond donors (Lipinski definition) is 1. The summed E-state index contributed by atoms with van der Waals surface area (Å²) in [5, 5.41) is 11.3. The molecule has 2 aromatic carbocycles. The van der Waals surface area contributed by atoms with Crippen LogP contribution in [0.5, 0.6) is 17.2 Å². The van der Waals surface area contributed by atoms with Crippen molar-refractivity contribution >= 4 is 17.4 Å². The Bertz CT molecular complexity index is 1250. The number of likely N-dealkylation sites (tertiary alicyclic amines) is 1. The van der Waals surface area contributed by atoms with Crippen LogP contribution in [0.4, 0.5) is 0 Å². The number of Topliss-reactive ketones (excluding diaryl/α,β-unsaturated/α-hetero) is 1. The van der Waals surface area contributed by atoms with Crippen molar-refractivity contribution in [1.82, 2.24) is 4.90 Å². The fourth-order valence-electron chi connectivity index (χ4n) is 4.23. The quantitative estimate of drug-likeness (QED) is 0.239. The van der Waals surface area contributed by atoms with Gasteiger partial charge in [-0.25, -0.2) is 0 Å². The van der Waals surface area contributed by atoms with E-state index in [1.165, 1.54) is 11.2 Å². The van der Waals surface area contributed by atoms with Gasteiger partial charge in [0.2, 0.25) is 0 Å². The number of ether oxygens (including phenoxy) is 3. The summed E-state index contributed by atoms with van der Waals surface area (Å²) in [6.45, 7) is 7.02. The van der Waals surface area contributed by atoms with Crippen LogP contribution in [0.2, 0.25) is 0 Å². The van der Waals surface area contributed by atoms with E-state index >= 15 is 0 Å². The first kappa shape index (κ1) is 24.9. The third kappa shape index (κ3) is 4.93. The SMILES string of the molecule is CCOc1ccc(C(O)=C2C(=O)C(=O)N(Cc3ccco3)C2c2ccc(OCC)c(OCC)c2)cc1. The number of carbonyl (C=O) groups excluding carboxylic acids is 2. The molecule has 1 saturated heterocycles. The molecule has 0 bridgehead atoms. The molecule has 1 aliphatic heterocycles. The van der Waals surface area contributed by atoms with Crippen LogP contribution in [-0.2, 0) is 16.1 Å². The van der Waals surface area contributed by atoms with Crippen molar-refractivity contribution in [2.75, 3.05) is 19.8 Å². The van der Waals surface area contributed by atoms with Crippen molar-refractivity contribution in [2.45, 2.75) is 33.4 Å². The Morgan fingerprint density at radius 3 is 2.25 bits per heavy atom. The summed E-state index contributed by atoms with van der Waals surface area (Å²) in [6.07, 6.45) is 1.50. The molecule has 0 saturated carbocycles. The number of carbonyl (C=O) groups is 2. The van der Waals surface area contributed by atoms with E-state index in [1.54, 1.807) is 54.6 Å². The maximum atomic E-state index is 13.3. The van der Waals surface area contributed by atoms with Crippen LogP contribution >= 0.6 is 0 Å². The van der Waals surface area contributed by atoms with Gasteiger partial charge in [-0.3, -0.25) is 9.59 Å². The van der Waals surface area contributed by atoms with Gasteiger partial charge in [0.25, 0.3) is 11.7 Å². The maximum Gasteiger partial charge on any atom is 0.296 e. The number of amides is 1. The van der Waals surface area contributed by atoms with Gasteiger partial charge in [0.15, 0.2) is 11.5 Å². The lowest BCUT2D eigenvalue weighted by molar-refractivity contribution is -0.140. The second-order valence-corrected chi connectivity index (χ2v) is 8.04. The minimum absolute atomic E-state index is 0.0117. The van der Waals surface area contributed by atoms with Crippen LogP contribution in [-0.4, -0.2) is 41.5 Å². The van der Waals surface area contributed by atoms with Crippen molar-refractivity contribution in [1.29, 1.82) is 0 Å². The first-order valence-electron chi connectivity index (χ1n) is 11.9. The van der Waals surface area contributed by atoms with E-state index in [0.29, 0.717) is 54.0 Å². The molecule has 1 N–H and O–H groups in total. The van der Waals surface area contributed by atoms with Gasteiger partial charge < -0.3 is 28.6 Å². The number of ketones is 1. The minimum atomic E-state index is -0.864. The summed E-state index contributed by atoms with van der Waals surface area (Å²) in [7, 11) is 0. The van der Waals surface area contributed by atoms with E-state index in [1.807, 2.05) is 20.8 Å². The normalized spacial score (nSPS) is 16.9. The van der Waals surface area contributed by atoms with Crippen molar-refractivity contribution < 1.29 is 33.3 Å². The van der Waals surface area contributed by atoms with E-state index in [2.05, 4.69) is 0 Å². The summed E-state index contributed by atoms with van der Waals surface area (Å²) in [4.78, 5) is 27.9. The standard InChI is InChI=1S/C28H29NO7/c1-4-33-20-12-9-18(10-13-20)26(30)24-25(19-11-14-22(34-5-2)23(16-19)35-6-3)29(28(32)27(24)31)17-21-8-7-15-36-21/h7-16,25,30H,4-6,17H2,1-3H3. The Labute approximate surface area is 209 Å². The van der Waals surface area contributed by atoms with Crippen molar-refractivity contribution in [3.8, 4) is 17.2 Å². The third-order valence-electron chi connectivity index (χ3n) is 5.77. The molecule has 8 heteroatoms. The fourth-order valence-corrected chi connectivity index (χ4v) is 4.23. The first-order valence-corrected chi connectivity index (χ1v) is 11.9. The molecule has 3 aromatic rings. The summed E-state index contributed by atoms with van der Waals surface area (Å²) in [5.74, 6) is 0.422. The lowest BCUT2D eigenvalue weighted by atomic mass is 9.95. The molecule has 1 amide bonds. The molecule has 2 heterocycles. The van der Waals surface area contributed by atoms with Gasteiger partial charge in [0.1, 0.15) is 17.3 Å². The van der Waals surface area contributed by atoms with E-state index in [0.717, 1.165) is 0 Å². The number of aliphatic hydroxyl groups excluding tert-OH is 1. The van der Waals surface area contributed by atoms with Gasteiger partial charge in [-0.2, -0.15) is 0 Å². The largest absolute Gasteiger partial charge is 0.507 e. The molecule has 1 fully saturated rings. The second kappa shape index (κ2) is 11.0. The highest BCUT2D eigenvalue weighted by molar-refractivity contribution is 6.46. The molecule has 36 heavy (non-hydrogen) atoms. The predicted octanol–water partition coefficient (Wildman–Crippen LogP) is 5.10. The molecule has 8 nitrogen and oxygen atoms in total. The minimum Gasteiger partial charge on any atom is -0.507 e. The number of hydrogen-bond acceptors (Lipinski definition) is 7. The van der Waals surface area contributed by atoms with E-state index in [-0.39, 0.29) is 17.9 Å². The number of aliphatic hydroxyl groups is 1. The van der Waals surface area contributed by atoms with E-state index in [4.69, 9.17) is 18.6 Å². The molecular weight excluding hydrogens is 462 g/mol. The van der Waals surface area contributed by atoms with Gasteiger partial charge in [0, 0.05) is 5.56 Å². The number of furan rings is 1. The monoisotopic (exact) mass is 491 g/mol. The summed E-state index contributed by atoms with van der Waals surface area (Å²) < 4.78 is 22.4. The van der Waals surface area contributed by atoms with Gasteiger partial charge in [0.05, 0.1) is 44.2 Å².